The number of hydrogen-bond donors (Lipinski definition) is 1. The number of rotatable bonds is 0. The van der Waals surface area contributed by atoms with Crippen molar-refractivity contribution in [2.45, 2.75) is 19.4 Å². The highest BCUT2D eigenvalue weighted by Gasteiger charge is 2.52. The van der Waals surface area contributed by atoms with E-state index in [0.717, 1.165) is 22.5 Å². The zero-order valence-electron chi connectivity index (χ0n) is 17.5. The van der Waals surface area contributed by atoms with Crippen molar-refractivity contribution in [3.63, 3.8) is 0 Å². The van der Waals surface area contributed by atoms with Crippen LogP contribution < -0.4 is 4.74 Å². The van der Waals surface area contributed by atoms with Gasteiger partial charge in [-0.15, -0.1) is 0 Å². The summed E-state index contributed by atoms with van der Waals surface area (Å²) < 4.78 is 7.09. The molecule has 0 unspecified atom stereocenters. The van der Waals surface area contributed by atoms with Crippen LogP contribution in [0.4, 0.5) is 0 Å². The Balaban J connectivity index is 1.70. The minimum Gasteiger partial charge on any atom is -0.472 e. The second kappa shape index (κ2) is 5.67. The highest BCUT2D eigenvalue weighted by atomic mass is 16.5. The minimum absolute atomic E-state index is 0.671. The van der Waals surface area contributed by atoms with Gasteiger partial charge in [-0.3, -0.25) is 0 Å². The van der Waals surface area contributed by atoms with Gasteiger partial charge < -0.3 is 9.72 Å². The van der Waals surface area contributed by atoms with Gasteiger partial charge >= 0.3 is 0 Å². The summed E-state index contributed by atoms with van der Waals surface area (Å²) in [7, 11) is 0. The van der Waals surface area contributed by atoms with Gasteiger partial charge in [0.25, 0.3) is 0 Å². The highest BCUT2D eigenvalue weighted by molar-refractivity contribution is 5.98. The average Bonchev–Trinajstić information content (AvgIpc) is 3.29. The molecule has 1 aliphatic heterocycles. The summed E-state index contributed by atoms with van der Waals surface area (Å²) in [5, 5.41) is 1.21. The van der Waals surface area contributed by atoms with Crippen molar-refractivity contribution in [1.29, 1.82) is 0 Å². The maximum atomic E-state index is 7.09. The fourth-order valence-corrected chi connectivity index (χ4v) is 5.59. The fourth-order valence-electron chi connectivity index (χ4n) is 5.59. The van der Waals surface area contributed by atoms with E-state index in [4.69, 9.17) is 4.74 Å². The molecule has 31 heavy (non-hydrogen) atoms. The first-order valence-corrected chi connectivity index (χ1v) is 10.8. The Kier molecular flexibility index (Phi) is 3.10. The van der Waals surface area contributed by atoms with Crippen molar-refractivity contribution in [3.8, 4) is 28.1 Å². The average molecular weight is 399 g/mol. The van der Waals surface area contributed by atoms with Crippen LogP contribution in [0.1, 0.15) is 27.8 Å². The Morgan fingerprint density at radius 2 is 1.32 bits per heavy atom. The van der Waals surface area contributed by atoms with E-state index < -0.39 is 5.60 Å². The predicted octanol–water partition coefficient (Wildman–Crippen LogP) is 7.12. The molecule has 2 nitrogen and oxygen atoms in total. The third-order valence-corrected chi connectivity index (χ3v) is 6.88. The van der Waals surface area contributed by atoms with Gasteiger partial charge in [-0.25, -0.2) is 0 Å². The van der Waals surface area contributed by atoms with Crippen molar-refractivity contribution >= 4 is 10.9 Å². The van der Waals surface area contributed by atoms with Crippen LogP contribution in [0.25, 0.3) is 33.3 Å². The molecule has 2 heteroatoms. The maximum absolute atomic E-state index is 7.09. The summed E-state index contributed by atoms with van der Waals surface area (Å²) in [6.07, 6.45) is 0. The van der Waals surface area contributed by atoms with Gasteiger partial charge in [-0.2, -0.15) is 0 Å². The van der Waals surface area contributed by atoms with Crippen LogP contribution in [0.15, 0.2) is 84.9 Å². The number of H-pyrrole nitrogens is 1. The normalized spacial score (nSPS) is 14.6. The Morgan fingerprint density at radius 3 is 2.06 bits per heavy atom. The number of para-hydroxylation sites is 2. The standard InChI is InChI=1S/C29H21NO/c1-17-11-13-23-21(15-17)22-16-18(2)12-14-24(22)29(23)27-19-7-3-5-9-25(19)30-28(27)20-8-4-6-10-26(20)31-29/h3-16,30H,1-2H3. The Labute approximate surface area is 181 Å². The predicted molar refractivity (Wildman–Crippen MR) is 126 cm³/mol. The monoisotopic (exact) mass is 399 g/mol. The van der Waals surface area contributed by atoms with Crippen molar-refractivity contribution in [2.75, 3.05) is 0 Å². The second-order valence-electron chi connectivity index (χ2n) is 8.80. The first-order chi connectivity index (χ1) is 15.2. The molecule has 4 aromatic carbocycles. The molecule has 0 saturated carbocycles. The Morgan fingerprint density at radius 1 is 0.677 bits per heavy atom. The van der Waals surface area contributed by atoms with Crippen LogP contribution in [-0.2, 0) is 5.60 Å². The van der Waals surface area contributed by atoms with E-state index >= 15 is 0 Å². The molecule has 0 bridgehead atoms. The Hall–Kier alpha value is -3.78. The minimum atomic E-state index is -0.671. The summed E-state index contributed by atoms with van der Waals surface area (Å²) in [5.74, 6) is 0.918. The zero-order chi connectivity index (χ0) is 20.7. The molecule has 2 aliphatic rings. The Bertz CT molecular complexity index is 1490. The number of benzene rings is 4. The highest BCUT2D eigenvalue weighted by Crippen LogP contribution is 2.60. The molecule has 0 radical (unpaired) electrons. The summed E-state index contributed by atoms with van der Waals surface area (Å²) in [6.45, 7) is 4.32. The molecular weight excluding hydrogens is 378 g/mol. The number of ether oxygens (including phenoxy) is 1. The van der Waals surface area contributed by atoms with Crippen molar-refractivity contribution in [2.24, 2.45) is 0 Å². The SMILES string of the molecule is Cc1ccc2c(c1)-c1cc(C)ccc1C21Oc2ccccc2-c2[nH]c3ccccc3c21. The van der Waals surface area contributed by atoms with Crippen LogP contribution in [-0.4, -0.2) is 4.98 Å². The smallest absolute Gasteiger partial charge is 0.188 e. The van der Waals surface area contributed by atoms with Gasteiger partial charge in [0.05, 0.1) is 5.69 Å². The quantitative estimate of drug-likeness (QED) is 0.295. The largest absolute Gasteiger partial charge is 0.472 e. The third kappa shape index (κ3) is 2.02. The van der Waals surface area contributed by atoms with Crippen LogP contribution in [0, 0.1) is 13.8 Å². The van der Waals surface area contributed by atoms with E-state index in [1.54, 1.807) is 0 Å². The van der Waals surface area contributed by atoms with E-state index in [1.807, 2.05) is 0 Å². The first kappa shape index (κ1) is 17.0. The van der Waals surface area contributed by atoms with Crippen LogP contribution in [0.5, 0.6) is 5.75 Å². The summed E-state index contributed by atoms with van der Waals surface area (Å²) in [6, 6.07) is 30.5. The number of nitrogens with one attached hydrogen (secondary N) is 1. The first-order valence-electron chi connectivity index (χ1n) is 10.8. The summed E-state index contributed by atoms with van der Waals surface area (Å²) in [4.78, 5) is 3.73. The maximum Gasteiger partial charge on any atom is 0.188 e. The molecule has 1 aromatic heterocycles. The lowest BCUT2D eigenvalue weighted by Crippen LogP contribution is -2.36. The van der Waals surface area contributed by atoms with Crippen LogP contribution >= 0.6 is 0 Å². The van der Waals surface area contributed by atoms with Crippen LogP contribution in [0.3, 0.4) is 0 Å². The van der Waals surface area contributed by atoms with E-state index in [-0.39, 0.29) is 0 Å². The number of aryl methyl sites for hydroxylation is 2. The molecule has 1 N–H and O–H groups in total. The molecule has 2 heterocycles. The van der Waals surface area contributed by atoms with E-state index in [2.05, 4.69) is 104 Å². The third-order valence-electron chi connectivity index (χ3n) is 6.88. The van der Waals surface area contributed by atoms with E-state index in [0.29, 0.717) is 0 Å². The molecule has 0 atom stereocenters. The van der Waals surface area contributed by atoms with Crippen molar-refractivity contribution < 1.29 is 4.74 Å². The van der Waals surface area contributed by atoms with Gasteiger partial charge in [0, 0.05) is 33.2 Å². The lowest BCUT2D eigenvalue weighted by molar-refractivity contribution is 0.158. The number of aromatic amines is 1. The van der Waals surface area contributed by atoms with Gasteiger partial charge in [-0.05, 0) is 43.2 Å². The molecule has 1 aliphatic carbocycles. The zero-order valence-corrected chi connectivity index (χ0v) is 17.5. The van der Waals surface area contributed by atoms with Crippen molar-refractivity contribution in [3.05, 3.63) is 113 Å². The summed E-state index contributed by atoms with van der Waals surface area (Å²) in [5.41, 5.74) is 11.5. The van der Waals surface area contributed by atoms with E-state index in [9.17, 15) is 0 Å². The molecule has 7 rings (SSSR count). The molecule has 0 saturated heterocycles. The molecular formula is C29H21NO. The lowest BCUT2D eigenvalue weighted by Gasteiger charge is -2.38. The van der Waals surface area contributed by atoms with Crippen molar-refractivity contribution in [1.82, 2.24) is 4.98 Å². The van der Waals surface area contributed by atoms with E-state index in [1.165, 1.54) is 44.3 Å². The molecule has 5 aromatic rings. The topological polar surface area (TPSA) is 25.0 Å². The van der Waals surface area contributed by atoms with Gasteiger partial charge in [0.1, 0.15) is 5.75 Å². The summed E-state index contributed by atoms with van der Waals surface area (Å²) >= 11 is 0. The number of hydrogen-bond acceptors (Lipinski definition) is 1. The molecule has 0 fully saturated rings. The molecule has 0 amide bonds. The molecule has 148 valence electrons. The number of fused-ring (bicyclic) bond motifs is 11. The second-order valence-corrected chi connectivity index (χ2v) is 8.80. The lowest BCUT2D eigenvalue weighted by atomic mass is 9.79. The van der Waals surface area contributed by atoms with Gasteiger partial charge in [-0.1, -0.05) is 77.9 Å². The fraction of sp³-hybridized carbons (Fsp3) is 0.103. The van der Waals surface area contributed by atoms with Gasteiger partial charge in [0.15, 0.2) is 5.60 Å². The van der Waals surface area contributed by atoms with Gasteiger partial charge in [0.2, 0.25) is 0 Å². The van der Waals surface area contributed by atoms with Crippen LogP contribution in [0.2, 0.25) is 0 Å². The molecule has 1 spiro atoms. The number of aromatic nitrogens is 1.